The average molecular weight is 437 g/mol. The van der Waals surface area contributed by atoms with Crippen molar-refractivity contribution in [3.05, 3.63) is 57.2 Å². The Morgan fingerprint density at radius 1 is 1.28 bits per heavy atom. The highest BCUT2D eigenvalue weighted by Crippen LogP contribution is 2.27. The van der Waals surface area contributed by atoms with Crippen molar-refractivity contribution in [3.8, 4) is 0 Å². The van der Waals surface area contributed by atoms with Gasteiger partial charge in [-0.05, 0) is 54.7 Å². The molecule has 2 atom stereocenters. The van der Waals surface area contributed by atoms with Crippen molar-refractivity contribution in [1.29, 1.82) is 0 Å². The summed E-state index contributed by atoms with van der Waals surface area (Å²) in [4.78, 5) is 19.1. The molecular weight excluding hydrogens is 411 g/mol. The number of benzene rings is 1. The van der Waals surface area contributed by atoms with Gasteiger partial charge in [0.1, 0.15) is 5.82 Å². The number of amides is 2. The van der Waals surface area contributed by atoms with E-state index in [2.05, 4.69) is 15.6 Å². The molecule has 2 heterocycles. The molecular formula is C21H26Cl2N4O2. The maximum atomic E-state index is 12.9. The molecule has 0 spiro atoms. The lowest BCUT2D eigenvalue weighted by molar-refractivity contribution is 0.188. The minimum Gasteiger partial charge on any atom is -0.394 e. The van der Waals surface area contributed by atoms with Gasteiger partial charge in [0.2, 0.25) is 0 Å². The molecule has 3 rings (SSSR count). The summed E-state index contributed by atoms with van der Waals surface area (Å²) in [7, 11) is 0. The topological polar surface area (TPSA) is 77.5 Å². The smallest absolute Gasteiger partial charge is 0.318 e. The van der Waals surface area contributed by atoms with Crippen LogP contribution in [0.25, 0.3) is 0 Å². The molecule has 0 radical (unpaired) electrons. The first-order valence-electron chi connectivity index (χ1n) is 9.76. The second kappa shape index (κ2) is 9.65. The number of anilines is 1. The summed E-state index contributed by atoms with van der Waals surface area (Å²) in [5.41, 5.74) is 3.14. The van der Waals surface area contributed by atoms with Crippen LogP contribution in [0.4, 0.5) is 10.6 Å². The Kier molecular flexibility index (Phi) is 7.22. The van der Waals surface area contributed by atoms with Gasteiger partial charge in [-0.3, -0.25) is 0 Å². The van der Waals surface area contributed by atoms with Crippen molar-refractivity contribution >= 4 is 35.1 Å². The van der Waals surface area contributed by atoms with E-state index in [9.17, 15) is 9.90 Å². The van der Waals surface area contributed by atoms with E-state index in [-0.39, 0.29) is 24.7 Å². The van der Waals surface area contributed by atoms with Crippen LogP contribution in [0.5, 0.6) is 0 Å². The van der Waals surface area contributed by atoms with E-state index in [0.29, 0.717) is 29.0 Å². The van der Waals surface area contributed by atoms with Gasteiger partial charge in [-0.2, -0.15) is 0 Å². The third-order valence-electron chi connectivity index (χ3n) is 5.10. The molecule has 0 unspecified atom stereocenters. The predicted octanol–water partition coefficient (Wildman–Crippen LogP) is 4.40. The zero-order chi connectivity index (χ0) is 21.0. The number of aliphatic hydroxyl groups is 1. The molecule has 1 aromatic heterocycles. The Morgan fingerprint density at radius 2 is 2.07 bits per heavy atom. The average Bonchev–Trinajstić information content (AvgIpc) is 2.73. The number of nitrogens with one attached hydrogen (secondary N) is 2. The fourth-order valence-corrected chi connectivity index (χ4v) is 3.69. The van der Waals surface area contributed by atoms with E-state index in [1.165, 1.54) is 0 Å². The van der Waals surface area contributed by atoms with Crippen molar-refractivity contribution in [2.45, 2.75) is 45.3 Å². The Balaban J connectivity index is 1.69. The molecule has 2 aromatic rings. The van der Waals surface area contributed by atoms with Gasteiger partial charge < -0.3 is 20.6 Å². The van der Waals surface area contributed by atoms with Gasteiger partial charge in [-0.25, -0.2) is 9.78 Å². The predicted molar refractivity (Wildman–Crippen MR) is 117 cm³/mol. The first-order chi connectivity index (χ1) is 13.9. The van der Waals surface area contributed by atoms with E-state index >= 15 is 0 Å². The van der Waals surface area contributed by atoms with Crippen LogP contribution in [0.2, 0.25) is 10.0 Å². The number of rotatable bonds is 6. The standard InChI is InChI=1S/C21H26Cl2N4O2/c1-3-19(14-4-5-17(22)18(23)8-14)26-21(29)27-7-6-15-10-24-20(9-16(15)11-27)25-13(2)12-28/h4-5,8-10,13,19,28H,3,6-7,11-12H2,1-2H3,(H,24,25)(H,26,29)/t13-,19+/m0/s1. The monoisotopic (exact) mass is 436 g/mol. The molecule has 0 aliphatic carbocycles. The fraction of sp³-hybridized carbons (Fsp3) is 0.429. The van der Waals surface area contributed by atoms with Crippen LogP contribution in [0, 0.1) is 0 Å². The Morgan fingerprint density at radius 3 is 2.76 bits per heavy atom. The Bertz CT molecular complexity index is 878. The van der Waals surface area contributed by atoms with E-state index in [0.717, 1.165) is 29.5 Å². The van der Waals surface area contributed by atoms with Gasteiger partial charge in [0.05, 0.1) is 22.7 Å². The summed E-state index contributed by atoms with van der Waals surface area (Å²) in [6.07, 6.45) is 3.35. The number of aromatic nitrogens is 1. The fourth-order valence-electron chi connectivity index (χ4n) is 3.38. The first kappa shape index (κ1) is 21.7. The second-order valence-corrected chi connectivity index (χ2v) is 8.14. The van der Waals surface area contributed by atoms with Crippen LogP contribution in [-0.2, 0) is 13.0 Å². The zero-order valence-corrected chi connectivity index (χ0v) is 18.1. The second-order valence-electron chi connectivity index (χ2n) is 7.32. The number of hydrogen-bond donors (Lipinski definition) is 3. The number of pyridine rings is 1. The number of nitrogens with zero attached hydrogens (tertiary/aromatic N) is 2. The van der Waals surface area contributed by atoms with Crippen molar-refractivity contribution in [2.24, 2.45) is 0 Å². The highest BCUT2D eigenvalue weighted by Gasteiger charge is 2.24. The van der Waals surface area contributed by atoms with Crippen LogP contribution < -0.4 is 10.6 Å². The van der Waals surface area contributed by atoms with Crippen molar-refractivity contribution < 1.29 is 9.90 Å². The third-order valence-corrected chi connectivity index (χ3v) is 5.84. The van der Waals surface area contributed by atoms with Crippen molar-refractivity contribution in [2.75, 3.05) is 18.5 Å². The lowest BCUT2D eigenvalue weighted by atomic mass is 10.0. The zero-order valence-electron chi connectivity index (χ0n) is 16.6. The molecule has 0 saturated carbocycles. The summed E-state index contributed by atoms with van der Waals surface area (Å²) in [5, 5.41) is 16.5. The van der Waals surface area contributed by atoms with Crippen LogP contribution in [0.3, 0.4) is 0 Å². The number of halogens is 2. The number of fused-ring (bicyclic) bond motifs is 1. The largest absolute Gasteiger partial charge is 0.394 e. The normalized spacial score (nSPS) is 15.4. The van der Waals surface area contributed by atoms with Gasteiger partial charge in [-0.15, -0.1) is 0 Å². The maximum absolute atomic E-state index is 12.9. The molecule has 156 valence electrons. The molecule has 1 aliphatic rings. The molecule has 0 bridgehead atoms. The summed E-state index contributed by atoms with van der Waals surface area (Å²) in [5.74, 6) is 0.704. The lowest BCUT2D eigenvalue weighted by Crippen LogP contribution is -2.44. The van der Waals surface area contributed by atoms with Crippen LogP contribution in [-0.4, -0.2) is 40.2 Å². The number of carbonyl (C=O) groups is 1. The summed E-state index contributed by atoms with van der Waals surface area (Å²) >= 11 is 12.1. The highest BCUT2D eigenvalue weighted by molar-refractivity contribution is 6.42. The maximum Gasteiger partial charge on any atom is 0.318 e. The number of carbonyl (C=O) groups excluding carboxylic acids is 1. The van der Waals surface area contributed by atoms with E-state index in [1.54, 1.807) is 12.1 Å². The minimum absolute atomic E-state index is 0.0282. The lowest BCUT2D eigenvalue weighted by Gasteiger charge is -2.31. The van der Waals surface area contributed by atoms with Crippen molar-refractivity contribution in [3.63, 3.8) is 0 Å². The van der Waals surface area contributed by atoms with Crippen molar-refractivity contribution in [1.82, 2.24) is 15.2 Å². The van der Waals surface area contributed by atoms with E-state index in [1.807, 2.05) is 37.1 Å². The van der Waals surface area contributed by atoms with E-state index < -0.39 is 0 Å². The Labute approximate surface area is 181 Å². The summed E-state index contributed by atoms with van der Waals surface area (Å²) in [6.45, 7) is 5.09. The molecule has 0 fully saturated rings. The molecule has 6 nitrogen and oxygen atoms in total. The first-order valence-corrected chi connectivity index (χ1v) is 10.5. The van der Waals surface area contributed by atoms with E-state index in [4.69, 9.17) is 23.2 Å². The van der Waals surface area contributed by atoms with Gasteiger partial charge in [0.25, 0.3) is 0 Å². The van der Waals surface area contributed by atoms with Gasteiger partial charge >= 0.3 is 6.03 Å². The molecule has 1 aliphatic heterocycles. The third kappa shape index (κ3) is 5.32. The molecule has 8 heteroatoms. The molecule has 1 aromatic carbocycles. The van der Waals surface area contributed by atoms with Gasteiger partial charge in [-0.1, -0.05) is 36.2 Å². The SMILES string of the molecule is CC[C@@H](NC(=O)N1CCc2cnc(N[C@@H](C)CO)cc2C1)c1ccc(Cl)c(Cl)c1. The number of urea groups is 1. The Hall–Kier alpha value is -2.02. The highest BCUT2D eigenvalue weighted by atomic mass is 35.5. The molecule has 3 N–H and O–H groups in total. The molecule has 29 heavy (non-hydrogen) atoms. The van der Waals surface area contributed by atoms with Crippen LogP contribution in [0.15, 0.2) is 30.5 Å². The van der Waals surface area contributed by atoms with Gasteiger partial charge in [0.15, 0.2) is 0 Å². The molecule has 2 amide bonds. The minimum atomic E-state index is -0.140. The van der Waals surface area contributed by atoms with Crippen LogP contribution in [0.1, 0.15) is 43.0 Å². The summed E-state index contributed by atoms with van der Waals surface area (Å²) in [6, 6.07) is 7.06. The molecule has 0 saturated heterocycles. The number of aliphatic hydroxyl groups excluding tert-OH is 1. The number of hydrogen-bond acceptors (Lipinski definition) is 4. The van der Waals surface area contributed by atoms with Gasteiger partial charge in [0, 0.05) is 25.3 Å². The quantitative estimate of drug-likeness (QED) is 0.626. The van der Waals surface area contributed by atoms with Crippen LogP contribution >= 0.6 is 23.2 Å². The summed E-state index contributed by atoms with van der Waals surface area (Å²) < 4.78 is 0.